The van der Waals surface area contributed by atoms with E-state index in [1.807, 2.05) is 6.92 Å². The standard InChI is InChI=1S/C9H12N2O2/c1-5-3-4-7(11-9(10)13)8(12)6(5)2/h3-4,12H,1-2H3,(H3,10,11,13). The molecule has 0 fully saturated rings. The molecule has 4 heteroatoms. The number of aryl methyl sites for hydroxylation is 1. The summed E-state index contributed by atoms with van der Waals surface area (Å²) in [5.41, 5.74) is 6.97. The average Bonchev–Trinajstić information content (AvgIpc) is 2.06. The fraction of sp³-hybridized carbons (Fsp3) is 0.222. The number of primary amides is 1. The molecule has 0 aliphatic heterocycles. The van der Waals surface area contributed by atoms with E-state index in [-0.39, 0.29) is 5.75 Å². The lowest BCUT2D eigenvalue weighted by Crippen LogP contribution is -2.19. The Morgan fingerprint density at radius 1 is 1.46 bits per heavy atom. The molecule has 0 atom stereocenters. The Kier molecular flexibility index (Phi) is 2.41. The summed E-state index contributed by atoms with van der Waals surface area (Å²) >= 11 is 0. The minimum atomic E-state index is -0.682. The van der Waals surface area contributed by atoms with Crippen molar-refractivity contribution in [1.82, 2.24) is 0 Å². The topological polar surface area (TPSA) is 75.3 Å². The van der Waals surface area contributed by atoms with Gasteiger partial charge in [-0.3, -0.25) is 0 Å². The van der Waals surface area contributed by atoms with Crippen LogP contribution in [0.5, 0.6) is 5.75 Å². The van der Waals surface area contributed by atoms with Gasteiger partial charge in [0.15, 0.2) is 0 Å². The van der Waals surface area contributed by atoms with Crippen molar-refractivity contribution in [2.75, 3.05) is 5.32 Å². The second kappa shape index (κ2) is 3.35. The molecule has 4 N–H and O–H groups in total. The van der Waals surface area contributed by atoms with Crippen molar-refractivity contribution in [3.8, 4) is 5.75 Å². The van der Waals surface area contributed by atoms with Crippen molar-refractivity contribution >= 4 is 11.7 Å². The molecule has 1 aromatic rings. The number of amides is 2. The quantitative estimate of drug-likeness (QED) is 0.573. The highest BCUT2D eigenvalue weighted by atomic mass is 16.3. The molecular formula is C9H12N2O2. The van der Waals surface area contributed by atoms with E-state index in [1.165, 1.54) is 0 Å². The third kappa shape index (κ3) is 1.90. The highest BCUT2D eigenvalue weighted by Gasteiger charge is 2.07. The van der Waals surface area contributed by atoms with Gasteiger partial charge in [0.2, 0.25) is 0 Å². The Morgan fingerprint density at radius 3 is 2.62 bits per heavy atom. The summed E-state index contributed by atoms with van der Waals surface area (Å²) in [6.07, 6.45) is 0. The monoisotopic (exact) mass is 180 g/mol. The Labute approximate surface area is 76.4 Å². The number of carbonyl (C=O) groups excluding carboxylic acids is 1. The number of phenolic OH excluding ortho intramolecular Hbond substituents is 1. The molecule has 0 unspecified atom stereocenters. The third-order valence-electron chi connectivity index (χ3n) is 1.96. The molecule has 70 valence electrons. The van der Waals surface area contributed by atoms with Gasteiger partial charge in [0.1, 0.15) is 5.75 Å². The number of anilines is 1. The first-order chi connectivity index (χ1) is 6.02. The molecule has 0 aromatic heterocycles. The lowest BCUT2D eigenvalue weighted by Gasteiger charge is -2.08. The molecule has 4 nitrogen and oxygen atoms in total. The molecule has 0 aliphatic rings. The first-order valence-corrected chi connectivity index (χ1v) is 3.88. The number of urea groups is 1. The second-order valence-electron chi connectivity index (χ2n) is 2.89. The number of aromatic hydroxyl groups is 1. The molecule has 0 radical (unpaired) electrons. The third-order valence-corrected chi connectivity index (χ3v) is 1.96. The molecular weight excluding hydrogens is 168 g/mol. The maximum atomic E-state index is 10.5. The molecule has 0 heterocycles. The van der Waals surface area contributed by atoms with Gasteiger partial charge < -0.3 is 16.2 Å². The number of carbonyl (C=O) groups is 1. The highest BCUT2D eigenvalue weighted by Crippen LogP contribution is 2.28. The van der Waals surface area contributed by atoms with E-state index in [0.717, 1.165) is 11.1 Å². The van der Waals surface area contributed by atoms with Crippen LogP contribution in [0.1, 0.15) is 11.1 Å². The van der Waals surface area contributed by atoms with Gasteiger partial charge in [-0.1, -0.05) is 6.07 Å². The van der Waals surface area contributed by atoms with Crippen LogP contribution in [-0.2, 0) is 0 Å². The predicted octanol–water partition coefficient (Wildman–Crippen LogP) is 1.50. The van der Waals surface area contributed by atoms with Crippen molar-refractivity contribution in [2.24, 2.45) is 5.73 Å². The largest absolute Gasteiger partial charge is 0.505 e. The van der Waals surface area contributed by atoms with Gasteiger partial charge in [-0.2, -0.15) is 0 Å². The maximum absolute atomic E-state index is 10.5. The van der Waals surface area contributed by atoms with Crippen molar-refractivity contribution in [2.45, 2.75) is 13.8 Å². The van der Waals surface area contributed by atoms with Crippen molar-refractivity contribution in [3.05, 3.63) is 23.3 Å². The van der Waals surface area contributed by atoms with Crippen molar-refractivity contribution in [1.29, 1.82) is 0 Å². The van der Waals surface area contributed by atoms with Gasteiger partial charge >= 0.3 is 6.03 Å². The van der Waals surface area contributed by atoms with Crippen LogP contribution in [0.15, 0.2) is 12.1 Å². The number of phenols is 1. The molecule has 0 aliphatic carbocycles. The van der Waals surface area contributed by atoms with Crippen molar-refractivity contribution < 1.29 is 9.90 Å². The fourth-order valence-electron chi connectivity index (χ4n) is 1.03. The smallest absolute Gasteiger partial charge is 0.316 e. The molecule has 1 rings (SSSR count). The zero-order chi connectivity index (χ0) is 10.0. The van der Waals surface area contributed by atoms with E-state index < -0.39 is 6.03 Å². The minimum Gasteiger partial charge on any atom is -0.505 e. The summed E-state index contributed by atoms with van der Waals surface area (Å²) in [6, 6.07) is 2.74. The van der Waals surface area contributed by atoms with Gasteiger partial charge in [-0.25, -0.2) is 4.79 Å². The summed E-state index contributed by atoms with van der Waals surface area (Å²) in [5, 5.41) is 11.9. The van der Waals surface area contributed by atoms with Crippen LogP contribution in [0.2, 0.25) is 0 Å². The van der Waals surface area contributed by atoms with Crippen LogP contribution in [0.25, 0.3) is 0 Å². The minimum absolute atomic E-state index is 0.0683. The molecule has 2 amide bonds. The Hall–Kier alpha value is -1.71. The highest BCUT2D eigenvalue weighted by molar-refractivity contribution is 5.89. The second-order valence-corrected chi connectivity index (χ2v) is 2.89. The van der Waals surface area contributed by atoms with Crippen LogP contribution in [-0.4, -0.2) is 11.1 Å². The van der Waals surface area contributed by atoms with Gasteiger partial charge in [-0.05, 0) is 31.0 Å². The first kappa shape index (κ1) is 9.38. The van der Waals surface area contributed by atoms with E-state index in [0.29, 0.717) is 5.69 Å². The number of nitrogens with one attached hydrogen (secondary N) is 1. The maximum Gasteiger partial charge on any atom is 0.316 e. The van der Waals surface area contributed by atoms with E-state index >= 15 is 0 Å². The average molecular weight is 180 g/mol. The molecule has 0 bridgehead atoms. The van der Waals surface area contributed by atoms with E-state index in [2.05, 4.69) is 5.32 Å². The Morgan fingerprint density at radius 2 is 2.08 bits per heavy atom. The lowest BCUT2D eigenvalue weighted by molar-refractivity contribution is 0.259. The molecule has 1 aromatic carbocycles. The number of benzene rings is 1. The Bertz CT molecular complexity index is 348. The zero-order valence-corrected chi connectivity index (χ0v) is 7.59. The van der Waals surface area contributed by atoms with Crippen molar-refractivity contribution in [3.63, 3.8) is 0 Å². The molecule has 0 saturated heterocycles. The van der Waals surface area contributed by atoms with Crippen LogP contribution >= 0.6 is 0 Å². The van der Waals surface area contributed by atoms with Gasteiger partial charge in [-0.15, -0.1) is 0 Å². The molecule has 0 saturated carbocycles. The SMILES string of the molecule is Cc1ccc(NC(N)=O)c(O)c1C. The van der Waals surface area contributed by atoms with E-state index in [9.17, 15) is 9.90 Å². The van der Waals surface area contributed by atoms with E-state index in [1.54, 1.807) is 19.1 Å². The van der Waals surface area contributed by atoms with Gasteiger partial charge in [0.05, 0.1) is 5.69 Å². The van der Waals surface area contributed by atoms with Crippen LogP contribution in [0, 0.1) is 13.8 Å². The van der Waals surface area contributed by atoms with Crippen LogP contribution in [0.4, 0.5) is 10.5 Å². The summed E-state index contributed by atoms with van der Waals surface area (Å²) in [7, 11) is 0. The Balaban J connectivity index is 3.10. The van der Waals surface area contributed by atoms with Crippen LogP contribution in [0.3, 0.4) is 0 Å². The van der Waals surface area contributed by atoms with E-state index in [4.69, 9.17) is 5.73 Å². The number of nitrogens with two attached hydrogens (primary N) is 1. The normalized spacial score (nSPS) is 9.69. The summed E-state index contributed by atoms with van der Waals surface area (Å²) in [5.74, 6) is 0.0683. The predicted molar refractivity (Wildman–Crippen MR) is 50.8 cm³/mol. The summed E-state index contributed by atoms with van der Waals surface area (Å²) in [4.78, 5) is 10.5. The van der Waals surface area contributed by atoms with Gasteiger partial charge in [0.25, 0.3) is 0 Å². The van der Waals surface area contributed by atoms with Crippen LogP contribution < -0.4 is 11.1 Å². The van der Waals surface area contributed by atoms with Gasteiger partial charge in [0, 0.05) is 0 Å². The number of hydrogen-bond donors (Lipinski definition) is 3. The number of rotatable bonds is 1. The number of hydrogen-bond acceptors (Lipinski definition) is 2. The molecule has 0 spiro atoms. The molecule has 13 heavy (non-hydrogen) atoms. The lowest BCUT2D eigenvalue weighted by atomic mass is 10.1. The zero-order valence-electron chi connectivity index (χ0n) is 7.59. The summed E-state index contributed by atoms with van der Waals surface area (Å²) < 4.78 is 0. The fourth-order valence-corrected chi connectivity index (χ4v) is 1.03. The first-order valence-electron chi connectivity index (χ1n) is 3.88. The summed E-state index contributed by atoms with van der Waals surface area (Å²) in [6.45, 7) is 3.65.